The topological polar surface area (TPSA) is 77.5 Å². The molecule has 0 aliphatic heterocycles. The van der Waals surface area contributed by atoms with Gasteiger partial charge in [-0.15, -0.1) is 0 Å². The van der Waals surface area contributed by atoms with Crippen LogP contribution in [0, 0.1) is 13.8 Å². The lowest BCUT2D eigenvalue weighted by Crippen LogP contribution is -2.20. The van der Waals surface area contributed by atoms with Crippen molar-refractivity contribution >= 4 is 22.1 Å². The van der Waals surface area contributed by atoms with E-state index in [0.717, 1.165) is 0 Å². The van der Waals surface area contributed by atoms with Gasteiger partial charge in [0.05, 0.1) is 11.5 Å². The molecule has 0 saturated heterocycles. The molecule has 104 valence electrons. The Balaban J connectivity index is 3.22. The molecule has 6 heteroatoms. The molecule has 0 aromatic heterocycles. The summed E-state index contributed by atoms with van der Waals surface area (Å²) in [6.07, 6.45) is 0.655. The SMILES string of the molecule is CCOC(=O)CS(=O)(=O)c1c(C)cc(C=O)cc1C. The van der Waals surface area contributed by atoms with Gasteiger partial charge in [0.15, 0.2) is 15.6 Å². The maximum atomic E-state index is 12.2. The molecule has 1 aromatic rings. The number of hydrogen-bond acceptors (Lipinski definition) is 5. The van der Waals surface area contributed by atoms with E-state index >= 15 is 0 Å². The van der Waals surface area contributed by atoms with E-state index in [1.165, 1.54) is 12.1 Å². The summed E-state index contributed by atoms with van der Waals surface area (Å²) in [6.45, 7) is 4.94. The maximum absolute atomic E-state index is 12.2. The zero-order chi connectivity index (χ0) is 14.6. The van der Waals surface area contributed by atoms with Gasteiger partial charge in [-0.1, -0.05) is 0 Å². The zero-order valence-electron chi connectivity index (χ0n) is 11.1. The molecule has 0 aliphatic carbocycles. The number of sulfone groups is 1. The van der Waals surface area contributed by atoms with Crippen LogP contribution in [0.15, 0.2) is 17.0 Å². The van der Waals surface area contributed by atoms with Crippen molar-refractivity contribution in [2.45, 2.75) is 25.7 Å². The van der Waals surface area contributed by atoms with Gasteiger partial charge < -0.3 is 4.74 Å². The molecule has 0 radical (unpaired) electrons. The number of carbonyl (C=O) groups excluding carboxylic acids is 2. The summed E-state index contributed by atoms with van der Waals surface area (Å²) in [5.74, 6) is -1.47. The van der Waals surface area contributed by atoms with E-state index < -0.39 is 21.6 Å². The van der Waals surface area contributed by atoms with Gasteiger partial charge in [0.2, 0.25) is 0 Å². The fourth-order valence-corrected chi connectivity index (χ4v) is 3.61. The van der Waals surface area contributed by atoms with Crippen LogP contribution >= 0.6 is 0 Å². The van der Waals surface area contributed by atoms with E-state index in [1.54, 1.807) is 20.8 Å². The number of aldehydes is 1. The fraction of sp³-hybridized carbons (Fsp3) is 0.385. The minimum atomic E-state index is -3.76. The van der Waals surface area contributed by atoms with Gasteiger partial charge in [-0.3, -0.25) is 9.59 Å². The lowest BCUT2D eigenvalue weighted by molar-refractivity contribution is -0.139. The molecule has 0 fully saturated rings. The second-order valence-corrected chi connectivity index (χ2v) is 6.09. The molecule has 0 unspecified atom stereocenters. The summed E-state index contributed by atoms with van der Waals surface area (Å²) in [7, 11) is -3.76. The van der Waals surface area contributed by atoms with Gasteiger partial charge in [-0.25, -0.2) is 8.42 Å². The third-order valence-corrected chi connectivity index (χ3v) is 4.42. The molecule has 0 aliphatic rings. The highest BCUT2D eigenvalue weighted by Gasteiger charge is 2.24. The van der Waals surface area contributed by atoms with Crippen LogP contribution in [0.4, 0.5) is 0 Å². The Kier molecular flexibility index (Phi) is 4.83. The van der Waals surface area contributed by atoms with Gasteiger partial charge in [-0.2, -0.15) is 0 Å². The van der Waals surface area contributed by atoms with Gasteiger partial charge in [-0.05, 0) is 44.0 Å². The first-order valence-corrected chi connectivity index (χ1v) is 7.42. The maximum Gasteiger partial charge on any atom is 0.321 e. The number of carbonyl (C=O) groups is 2. The molecule has 0 saturated carbocycles. The summed E-state index contributed by atoms with van der Waals surface area (Å²) < 4.78 is 29.0. The normalized spacial score (nSPS) is 11.1. The van der Waals surface area contributed by atoms with Crippen LogP contribution in [-0.2, 0) is 19.4 Å². The van der Waals surface area contributed by atoms with E-state index in [2.05, 4.69) is 4.74 Å². The average Bonchev–Trinajstić information content (AvgIpc) is 2.26. The van der Waals surface area contributed by atoms with Gasteiger partial charge in [0, 0.05) is 5.56 Å². The fourth-order valence-electron chi connectivity index (χ4n) is 1.97. The Labute approximate surface area is 112 Å². The number of esters is 1. The predicted octanol–water partition coefficient (Wildman–Crippen LogP) is 1.45. The third-order valence-electron chi connectivity index (χ3n) is 2.54. The van der Waals surface area contributed by atoms with Crippen molar-refractivity contribution in [1.29, 1.82) is 0 Å². The van der Waals surface area contributed by atoms with Gasteiger partial charge >= 0.3 is 5.97 Å². The van der Waals surface area contributed by atoms with Gasteiger partial charge in [0.1, 0.15) is 6.29 Å². The van der Waals surface area contributed by atoms with Crippen LogP contribution in [0.1, 0.15) is 28.4 Å². The van der Waals surface area contributed by atoms with Crippen molar-refractivity contribution < 1.29 is 22.7 Å². The summed E-state index contributed by atoms with van der Waals surface area (Å²) in [5, 5.41) is 0. The van der Waals surface area contributed by atoms with E-state index in [9.17, 15) is 18.0 Å². The average molecular weight is 284 g/mol. The van der Waals surface area contributed by atoms with Crippen molar-refractivity contribution in [1.82, 2.24) is 0 Å². The standard InChI is InChI=1S/C13H16O5S/c1-4-18-12(15)8-19(16,17)13-9(2)5-11(7-14)6-10(13)3/h5-7H,4,8H2,1-3H3. The lowest BCUT2D eigenvalue weighted by Gasteiger charge is -2.11. The van der Waals surface area contributed by atoms with Gasteiger partial charge in [0.25, 0.3) is 0 Å². The van der Waals surface area contributed by atoms with Crippen LogP contribution in [-0.4, -0.2) is 33.0 Å². The highest BCUT2D eigenvalue weighted by atomic mass is 32.2. The number of ether oxygens (including phenoxy) is 1. The summed E-state index contributed by atoms with van der Waals surface area (Å²) in [5.41, 5.74) is 1.31. The number of benzene rings is 1. The minimum Gasteiger partial charge on any atom is -0.465 e. The molecule has 0 atom stereocenters. The van der Waals surface area contributed by atoms with E-state index in [4.69, 9.17) is 0 Å². The first-order chi connectivity index (χ1) is 8.81. The third kappa shape index (κ3) is 3.64. The van der Waals surface area contributed by atoms with Crippen LogP contribution in [0.3, 0.4) is 0 Å². The second kappa shape index (κ2) is 5.97. The van der Waals surface area contributed by atoms with E-state index in [-0.39, 0.29) is 11.5 Å². The highest BCUT2D eigenvalue weighted by Crippen LogP contribution is 2.22. The second-order valence-electron chi connectivity index (χ2n) is 4.17. The number of rotatable bonds is 5. The molecule has 5 nitrogen and oxygen atoms in total. The molecule has 0 amide bonds. The van der Waals surface area contributed by atoms with E-state index in [1.807, 2.05) is 0 Å². The zero-order valence-corrected chi connectivity index (χ0v) is 11.9. The Morgan fingerprint density at radius 3 is 2.21 bits per heavy atom. The van der Waals surface area contributed by atoms with Crippen LogP contribution in [0.5, 0.6) is 0 Å². The van der Waals surface area contributed by atoms with Crippen molar-refractivity contribution in [2.24, 2.45) is 0 Å². The first-order valence-electron chi connectivity index (χ1n) is 5.76. The smallest absolute Gasteiger partial charge is 0.321 e. The molecule has 0 bridgehead atoms. The molecular weight excluding hydrogens is 268 g/mol. The Morgan fingerprint density at radius 2 is 1.79 bits per heavy atom. The highest BCUT2D eigenvalue weighted by molar-refractivity contribution is 7.92. The van der Waals surface area contributed by atoms with Crippen LogP contribution in [0.2, 0.25) is 0 Å². The molecule has 0 spiro atoms. The Hall–Kier alpha value is -1.69. The molecule has 1 aromatic carbocycles. The van der Waals surface area contributed by atoms with Crippen LogP contribution in [0.25, 0.3) is 0 Å². The largest absolute Gasteiger partial charge is 0.465 e. The van der Waals surface area contributed by atoms with Crippen LogP contribution < -0.4 is 0 Å². The first kappa shape index (κ1) is 15.4. The summed E-state index contributed by atoms with van der Waals surface area (Å²) >= 11 is 0. The van der Waals surface area contributed by atoms with E-state index in [0.29, 0.717) is 23.0 Å². The number of hydrogen-bond donors (Lipinski definition) is 0. The van der Waals surface area contributed by atoms with Crippen molar-refractivity contribution in [3.63, 3.8) is 0 Å². The quantitative estimate of drug-likeness (QED) is 0.604. The lowest BCUT2D eigenvalue weighted by atomic mass is 10.1. The minimum absolute atomic E-state index is 0.0890. The monoisotopic (exact) mass is 284 g/mol. The van der Waals surface area contributed by atoms with Crippen molar-refractivity contribution in [2.75, 3.05) is 12.4 Å². The Morgan fingerprint density at radius 1 is 1.26 bits per heavy atom. The summed E-state index contributed by atoms with van der Waals surface area (Å²) in [6, 6.07) is 2.97. The molecular formula is C13H16O5S. The molecule has 19 heavy (non-hydrogen) atoms. The Bertz CT molecular complexity index is 578. The molecule has 0 heterocycles. The van der Waals surface area contributed by atoms with Crippen molar-refractivity contribution in [3.8, 4) is 0 Å². The van der Waals surface area contributed by atoms with Crippen molar-refractivity contribution in [3.05, 3.63) is 28.8 Å². The molecule has 1 rings (SSSR count). The molecule has 0 N–H and O–H groups in total. The predicted molar refractivity (Wildman–Crippen MR) is 70.0 cm³/mol. The summed E-state index contributed by atoms with van der Waals surface area (Å²) in [4.78, 5) is 22.1. The number of aryl methyl sites for hydroxylation is 2.